The molecule has 0 aromatic rings. The highest BCUT2D eigenvalue weighted by Gasteiger charge is 2.37. The number of ether oxygens (including phenoxy) is 1. The van der Waals surface area contributed by atoms with E-state index in [2.05, 4.69) is 6.58 Å². The van der Waals surface area contributed by atoms with Gasteiger partial charge in [0, 0.05) is 26.6 Å². The molecule has 0 heterocycles. The van der Waals surface area contributed by atoms with Gasteiger partial charge in [0.25, 0.3) is 0 Å². The van der Waals surface area contributed by atoms with Crippen molar-refractivity contribution in [2.24, 2.45) is 5.41 Å². The van der Waals surface area contributed by atoms with Gasteiger partial charge in [0.1, 0.15) is 0 Å². The number of nitrogens with zero attached hydrogens (tertiary/aromatic N) is 1. The predicted molar refractivity (Wildman–Crippen MR) is 81.0 cm³/mol. The Morgan fingerprint density at radius 1 is 1.29 bits per heavy atom. The van der Waals surface area contributed by atoms with Crippen LogP contribution in [0, 0.1) is 5.41 Å². The van der Waals surface area contributed by atoms with Crippen molar-refractivity contribution in [2.75, 3.05) is 26.8 Å². The van der Waals surface area contributed by atoms with Crippen molar-refractivity contribution in [2.45, 2.75) is 44.9 Å². The molecular formula is C16H27NO4. The number of carbonyl (C=O) groups excluding carboxylic acids is 1. The van der Waals surface area contributed by atoms with Crippen molar-refractivity contribution < 1.29 is 19.4 Å². The molecule has 1 amide bonds. The Balaban J connectivity index is 2.72. The smallest absolute Gasteiger partial charge is 0.303 e. The van der Waals surface area contributed by atoms with Crippen molar-refractivity contribution in [3.05, 3.63) is 12.7 Å². The second kappa shape index (κ2) is 8.82. The van der Waals surface area contributed by atoms with E-state index >= 15 is 0 Å². The maximum atomic E-state index is 12.5. The minimum atomic E-state index is -0.808. The molecule has 1 aliphatic carbocycles. The lowest BCUT2D eigenvalue weighted by Crippen LogP contribution is -2.39. The van der Waals surface area contributed by atoms with Crippen LogP contribution in [-0.4, -0.2) is 48.7 Å². The molecule has 0 unspecified atom stereocenters. The lowest BCUT2D eigenvalue weighted by Gasteiger charge is -2.37. The normalized spacial score (nSPS) is 17.2. The van der Waals surface area contributed by atoms with Gasteiger partial charge in [-0.05, 0) is 18.3 Å². The Hall–Kier alpha value is -1.36. The molecule has 0 atom stereocenters. The maximum absolute atomic E-state index is 12.5. The van der Waals surface area contributed by atoms with Gasteiger partial charge in [0.2, 0.25) is 5.91 Å². The first-order chi connectivity index (χ1) is 10.0. The quantitative estimate of drug-likeness (QED) is 0.664. The highest BCUT2D eigenvalue weighted by molar-refractivity contribution is 5.78. The maximum Gasteiger partial charge on any atom is 0.303 e. The third-order valence-electron chi connectivity index (χ3n) is 4.23. The summed E-state index contributed by atoms with van der Waals surface area (Å²) in [6.45, 7) is 5.15. The fourth-order valence-electron chi connectivity index (χ4n) is 3.15. The van der Waals surface area contributed by atoms with E-state index in [1.807, 2.05) is 0 Å². The van der Waals surface area contributed by atoms with Crippen LogP contribution in [0.15, 0.2) is 12.7 Å². The second-order valence-electron chi connectivity index (χ2n) is 5.93. The molecule has 1 N–H and O–H groups in total. The molecule has 1 rings (SSSR count). The van der Waals surface area contributed by atoms with Crippen LogP contribution in [0.25, 0.3) is 0 Å². The highest BCUT2D eigenvalue weighted by Crippen LogP contribution is 2.42. The summed E-state index contributed by atoms with van der Waals surface area (Å²) in [5, 5.41) is 9.17. The van der Waals surface area contributed by atoms with Crippen LogP contribution in [0.3, 0.4) is 0 Å². The van der Waals surface area contributed by atoms with E-state index < -0.39 is 5.97 Å². The van der Waals surface area contributed by atoms with Crippen LogP contribution >= 0.6 is 0 Å². The Morgan fingerprint density at radius 2 is 1.95 bits per heavy atom. The zero-order valence-corrected chi connectivity index (χ0v) is 13.0. The van der Waals surface area contributed by atoms with Crippen molar-refractivity contribution in [3.63, 3.8) is 0 Å². The summed E-state index contributed by atoms with van der Waals surface area (Å²) in [6.07, 6.45) is 6.92. The second-order valence-corrected chi connectivity index (χ2v) is 5.93. The zero-order chi connectivity index (χ0) is 15.7. The molecule has 0 bridgehead atoms. The number of methoxy groups -OCH3 is 1. The average molecular weight is 297 g/mol. The van der Waals surface area contributed by atoms with Crippen LogP contribution < -0.4 is 0 Å². The number of amides is 1. The van der Waals surface area contributed by atoms with Gasteiger partial charge in [0.15, 0.2) is 0 Å². The lowest BCUT2D eigenvalue weighted by atomic mass is 9.69. The van der Waals surface area contributed by atoms with E-state index in [1.54, 1.807) is 18.1 Å². The van der Waals surface area contributed by atoms with Gasteiger partial charge >= 0.3 is 5.97 Å². The predicted octanol–water partition coefficient (Wildman–Crippen LogP) is 2.46. The van der Waals surface area contributed by atoms with Crippen molar-refractivity contribution in [1.82, 2.24) is 4.90 Å². The molecule has 5 nitrogen and oxygen atoms in total. The highest BCUT2D eigenvalue weighted by atomic mass is 16.5. The number of hydrogen-bond acceptors (Lipinski definition) is 3. The fourth-order valence-corrected chi connectivity index (χ4v) is 3.15. The Bertz CT molecular complexity index is 361. The number of rotatable bonds is 9. The SMILES string of the molecule is C=CCN(CCOC)C(=O)CC1(CC(=O)O)CCCCC1. The largest absolute Gasteiger partial charge is 0.481 e. The van der Waals surface area contributed by atoms with E-state index in [0.29, 0.717) is 26.1 Å². The minimum absolute atomic E-state index is 0.00935. The zero-order valence-electron chi connectivity index (χ0n) is 13.0. The topological polar surface area (TPSA) is 66.8 Å². The lowest BCUT2D eigenvalue weighted by molar-refractivity contribution is -0.142. The average Bonchev–Trinajstić information content (AvgIpc) is 2.43. The minimum Gasteiger partial charge on any atom is -0.481 e. The van der Waals surface area contributed by atoms with Crippen molar-refractivity contribution in [3.8, 4) is 0 Å². The van der Waals surface area contributed by atoms with Crippen LogP contribution in [0.4, 0.5) is 0 Å². The summed E-state index contributed by atoms with van der Waals surface area (Å²) in [7, 11) is 1.60. The van der Waals surface area contributed by atoms with E-state index in [4.69, 9.17) is 9.84 Å². The molecule has 1 fully saturated rings. The van der Waals surface area contributed by atoms with Crippen molar-refractivity contribution in [1.29, 1.82) is 0 Å². The number of hydrogen-bond donors (Lipinski definition) is 1. The first-order valence-corrected chi connectivity index (χ1v) is 7.62. The van der Waals surface area contributed by atoms with Gasteiger partial charge in [-0.15, -0.1) is 6.58 Å². The summed E-state index contributed by atoms with van der Waals surface area (Å²) < 4.78 is 5.03. The number of carboxylic acids is 1. The molecule has 0 aromatic carbocycles. The molecule has 120 valence electrons. The summed E-state index contributed by atoms with van der Waals surface area (Å²) in [5.74, 6) is -0.799. The van der Waals surface area contributed by atoms with Gasteiger partial charge in [0.05, 0.1) is 13.0 Å². The van der Waals surface area contributed by atoms with E-state index in [9.17, 15) is 9.59 Å². The van der Waals surface area contributed by atoms with Crippen LogP contribution in [0.2, 0.25) is 0 Å². The number of carbonyl (C=O) groups is 2. The third-order valence-corrected chi connectivity index (χ3v) is 4.23. The first-order valence-electron chi connectivity index (χ1n) is 7.62. The van der Waals surface area contributed by atoms with Crippen LogP contribution in [-0.2, 0) is 14.3 Å². The van der Waals surface area contributed by atoms with E-state index in [1.165, 1.54) is 0 Å². The Kier molecular flexibility index (Phi) is 7.43. The van der Waals surface area contributed by atoms with Gasteiger partial charge in [-0.1, -0.05) is 25.3 Å². The molecule has 1 saturated carbocycles. The number of carboxylic acid groups (broad SMARTS) is 1. The fraction of sp³-hybridized carbons (Fsp3) is 0.750. The summed E-state index contributed by atoms with van der Waals surface area (Å²) >= 11 is 0. The van der Waals surface area contributed by atoms with Gasteiger partial charge in [-0.25, -0.2) is 0 Å². The van der Waals surface area contributed by atoms with E-state index in [0.717, 1.165) is 32.1 Å². The Labute approximate surface area is 127 Å². The summed E-state index contributed by atoms with van der Waals surface area (Å²) in [4.78, 5) is 25.4. The third kappa shape index (κ3) is 5.87. The first kappa shape index (κ1) is 17.7. The molecule has 0 radical (unpaired) electrons. The van der Waals surface area contributed by atoms with Gasteiger partial charge in [-0.2, -0.15) is 0 Å². The van der Waals surface area contributed by atoms with Crippen LogP contribution in [0.1, 0.15) is 44.9 Å². The van der Waals surface area contributed by atoms with Gasteiger partial charge in [-0.3, -0.25) is 9.59 Å². The van der Waals surface area contributed by atoms with Gasteiger partial charge < -0.3 is 14.7 Å². The molecule has 21 heavy (non-hydrogen) atoms. The molecule has 0 aromatic heterocycles. The number of aliphatic carboxylic acids is 1. The van der Waals surface area contributed by atoms with Crippen molar-refractivity contribution >= 4 is 11.9 Å². The Morgan fingerprint density at radius 3 is 2.48 bits per heavy atom. The summed E-state index contributed by atoms with van der Waals surface area (Å²) in [5.41, 5.74) is -0.367. The molecular weight excluding hydrogens is 270 g/mol. The molecule has 0 saturated heterocycles. The molecule has 5 heteroatoms. The standard InChI is InChI=1S/C16H27NO4/c1-3-9-17(10-11-21-2)14(18)12-16(13-15(19)20)7-5-4-6-8-16/h3H,1,4-13H2,2H3,(H,19,20). The molecule has 1 aliphatic rings. The van der Waals surface area contributed by atoms with Crippen LogP contribution in [0.5, 0.6) is 0 Å². The summed E-state index contributed by atoms with van der Waals surface area (Å²) in [6, 6.07) is 0. The molecule has 0 aliphatic heterocycles. The van der Waals surface area contributed by atoms with E-state index in [-0.39, 0.29) is 17.7 Å². The molecule has 0 spiro atoms. The monoisotopic (exact) mass is 297 g/mol.